The van der Waals surface area contributed by atoms with Crippen molar-refractivity contribution in [2.75, 3.05) is 26.3 Å². The molecule has 2 aliphatic heterocycles. The molecule has 7 heteroatoms. The van der Waals surface area contributed by atoms with Crippen molar-refractivity contribution in [1.82, 2.24) is 19.7 Å². The lowest BCUT2D eigenvalue weighted by Crippen LogP contribution is -2.45. The molecule has 4 rings (SSSR count). The molecule has 3 heterocycles. The molecule has 2 aromatic rings. The van der Waals surface area contributed by atoms with Crippen molar-refractivity contribution in [3.05, 3.63) is 42.0 Å². The number of nitrogens with zero attached hydrogens (tertiary/aromatic N) is 4. The van der Waals surface area contributed by atoms with Gasteiger partial charge in [0.15, 0.2) is 5.82 Å². The number of carbonyl (C=O) groups excluding carboxylic acids is 1. The lowest BCUT2D eigenvalue weighted by Gasteiger charge is -2.33. The van der Waals surface area contributed by atoms with E-state index < -0.39 is 0 Å². The molecular weight excluding hydrogens is 308 g/mol. The molecule has 2 aliphatic rings. The minimum absolute atomic E-state index is 0.0933. The molecule has 1 aromatic carbocycles. The normalized spacial score (nSPS) is 23.0. The van der Waals surface area contributed by atoms with Crippen LogP contribution in [0.15, 0.2) is 30.6 Å². The third kappa shape index (κ3) is 2.54. The first-order valence-electron chi connectivity index (χ1n) is 8.27. The number of carbonyl (C=O) groups is 1. The average Bonchev–Trinajstić information content (AvgIpc) is 3.28. The van der Waals surface area contributed by atoms with Crippen LogP contribution in [0.1, 0.15) is 30.3 Å². The highest BCUT2D eigenvalue weighted by Gasteiger charge is 2.36. The molecule has 1 aromatic heterocycles. The van der Waals surface area contributed by atoms with Crippen LogP contribution in [-0.2, 0) is 16.1 Å². The first-order chi connectivity index (χ1) is 11.8. The zero-order chi connectivity index (χ0) is 16.5. The monoisotopic (exact) mass is 328 g/mol. The maximum atomic E-state index is 13.0. The van der Waals surface area contributed by atoms with Crippen molar-refractivity contribution >= 4 is 5.91 Å². The second-order valence-corrected chi connectivity index (χ2v) is 6.02. The van der Waals surface area contributed by atoms with E-state index in [1.165, 1.54) is 0 Å². The summed E-state index contributed by atoms with van der Waals surface area (Å²) >= 11 is 0. The number of benzene rings is 1. The van der Waals surface area contributed by atoms with E-state index in [-0.39, 0.29) is 17.9 Å². The maximum Gasteiger partial charge on any atom is 0.233 e. The van der Waals surface area contributed by atoms with Crippen molar-refractivity contribution in [2.45, 2.75) is 25.5 Å². The maximum absolute atomic E-state index is 13.0. The summed E-state index contributed by atoms with van der Waals surface area (Å²) in [6, 6.07) is 7.75. The smallest absolute Gasteiger partial charge is 0.233 e. The lowest BCUT2D eigenvalue weighted by atomic mass is 9.99. The molecule has 0 N–H and O–H groups in total. The molecule has 7 nitrogen and oxygen atoms in total. The van der Waals surface area contributed by atoms with Crippen molar-refractivity contribution in [2.24, 2.45) is 0 Å². The molecule has 1 saturated heterocycles. The zero-order valence-electron chi connectivity index (χ0n) is 13.6. The van der Waals surface area contributed by atoms with Gasteiger partial charge >= 0.3 is 0 Å². The van der Waals surface area contributed by atoms with Crippen LogP contribution in [-0.4, -0.2) is 51.9 Å². The lowest BCUT2D eigenvalue weighted by molar-refractivity contribution is -0.141. The summed E-state index contributed by atoms with van der Waals surface area (Å²) in [5.74, 6) is 1.45. The number of hydrogen-bond acceptors (Lipinski definition) is 5. The fourth-order valence-electron chi connectivity index (χ4n) is 3.35. The van der Waals surface area contributed by atoms with Gasteiger partial charge in [0, 0.05) is 18.7 Å². The molecule has 2 unspecified atom stereocenters. The van der Waals surface area contributed by atoms with Gasteiger partial charge in [0.2, 0.25) is 5.91 Å². The number of aromatic nitrogens is 3. The minimum Gasteiger partial charge on any atom is -0.492 e. The van der Waals surface area contributed by atoms with E-state index in [1.54, 1.807) is 6.33 Å². The van der Waals surface area contributed by atoms with Crippen LogP contribution in [0.4, 0.5) is 0 Å². The summed E-state index contributed by atoms with van der Waals surface area (Å²) in [6.07, 6.45) is 1.46. The summed E-state index contributed by atoms with van der Waals surface area (Å²) < 4.78 is 13.4. The summed E-state index contributed by atoms with van der Waals surface area (Å²) in [4.78, 5) is 14.8. The summed E-state index contributed by atoms with van der Waals surface area (Å²) in [5.41, 5.74) is 0.974. The van der Waals surface area contributed by atoms with E-state index in [9.17, 15) is 4.79 Å². The Kier molecular flexibility index (Phi) is 3.93. The van der Waals surface area contributed by atoms with Crippen molar-refractivity contribution in [3.63, 3.8) is 0 Å². The highest BCUT2D eigenvalue weighted by molar-refractivity contribution is 5.85. The van der Waals surface area contributed by atoms with Crippen LogP contribution in [0.2, 0.25) is 0 Å². The number of rotatable bonds is 3. The number of ether oxygens (including phenoxy) is 2. The van der Waals surface area contributed by atoms with Gasteiger partial charge in [0.1, 0.15) is 30.7 Å². The fourth-order valence-corrected chi connectivity index (χ4v) is 3.35. The van der Waals surface area contributed by atoms with Crippen LogP contribution in [0.3, 0.4) is 0 Å². The van der Waals surface area contributed by atoms with E-state index in [1.807, 2.05) is 40.7 Å². The Balaban J connectivity index is 1.51. The largest absolute Gasteiger partial charge is 0.492 e. The van der Waals surface area contributed by atoms with Crippen molar-refractivity contribution in [1.29, 1.82) is 0 Å². The first-order valence-corrected chi connectivity index (χ1v) is 8.27. The van der Waals surface area contributed by atoms with Gasteiger partial charge in [0.05, 0.1) is 13.2 Å². The van der Waals surface area contributed by atoms with Gasteiger partial charge in [-0.05, 0) is 13.0 Å². The quantitative estimate of drug-likeness (QED) is 0.851. The summed E-state index contributed by atoms with van der Waals surface area (Å²) in [6.45, 7) is 4.81. The van der Waals surface area contributed by atoms with Crippen LogP contribution >= 0.6 is 0 Å². The van der Waals surface area contributed by atoms with Gasteiger partial charge in [-0.1, -0.05) is 18.2 Å². The SMILES string of the molecule is CCn1cnnc1C1CN(C(=O)C2COc3ccccc32)CCO1. The van der Waals surface area contributed by atoms with Crippen molar-refractivity contribution in [3.8, 4) is 5.75 Å². The van der Waals surface area contributed by atoms with Gasteiger partial charge < -0.3 is 18.9 Å². The Morgan fingerprint density at radius 2 is 2.25 bits per heavy atom. The number of fused-ring (bicyclic) bond motifs is 1. The van der Waals surface area contributed by atoms with E-state index in [2.05, 4.69) is 10.2 Å². The molecule has 0 bridgehead atoms. The fraction of sp³-hybridized carbons (Fsp3) is 0.471. The number of aryl methyl sites for hydroxylation is 1. The highest BCUT2D eigenvalue weighted by atomic mass is 16.5. The number of hydrogen-bond donors (Lipinski definition) is 0. The second-order valence-electron chi connectivity index (χ2n) is 6.02. The zero-order valence-corrected chi connectivity index (χ0v) is 13.6. The Hall–Kier alpha value is -2.41. The van der Waals surface area contributed by atoms with Gasteiger partial charge in [-0.3, -0.25) is 4.79 Å². The van der Waals surface area contributed by atoms with E-state index in [0.717, 1.165) is 23.7 Å². The third-order valence-corrected chi connectivity index (χ3v) is 4.65. The molecule has 126 valence electrons. The highest BCUT2D eigenvalue weighted by Crippen LogP contribution is 2.35. The first kappa shape index (κ1) is 15.1. The van der Waals surface area contributed by atoms with Gasteiger partial charge in [-0.15, -0.1) is 10.2 Å². The molecule has 0 saturated carbocycles. The van der Waals surface area contributed by atoms with Gasteiger partial charge in [0.25, 0.3) is 0 Å². The molecule has 2 atom stereocenters. The van der Waals surface area contributed by atoms with E-state index in [4.69, 9.17) is 9.47 Å². The summed E-state index contributed by atoms with van der Waals surface area (Å²) in [5, 5.41) is 8.12. The standard InChI is InChI=1S/C17H20N4O3/c1-2-20-11-18-19-16(20)15-9-21(7-8-23-15)17(22)13-10-24-14-6-4-3-5-12(13)14/h3-6,11,13,15H,2,7-10H2,1H3. The minimum atomic E-state index is -0.234. The second kappa shape index (κ2) is 6.24. The predicted molar refractivity (Wildman–Crippen MR) is 85.6 cm³/mol. The molecule has 24 heavy (non-hydrogen) atoms. The van der Waals surface area contributed by atoms with Crippen LogP contribution < -0.4 is 4.74 Å². The van der Waals surface area contributed by atoms with Crippen LogP contribution in [0.5, 0.6) is 5.75 Å². The molecule has 1 amide bonds. The van der Waals surface area contributed by atoms with Gasteiger partial charge in [-0.25, -0.2) is 0 Å². The third-order valence-electron chi connectivity index (χ3n) is 4.65. The van der Waals surface area contributed by atoms with Gasteiger partial charge in [-0.2, -0.15) is 0 Å². The van der Waals surface area contributed by atoms with Crippen molar-refractivity contribution < 1.29 is 14.3 Å². The number of para-hydroxylation sites is 1. The average molecular weight is 328 g/mol. The molecule has 0 aliphatic carbocycles. The molecule has 0 radical (unpaired) electrons. The Morgan fingerprint density at radius 3 is 3.12 bits per heavy atom. The van der Waals surface area contributed by atoms with Crippen LogP contribution in [0.25, 0.3) is 0 Å². The van der Waals surface area contributed by atoms with E-state index >= 15 is 0 Å². The summed E-state index contributed by atoms with van der Waals surface area (Å²) in [7, 11) is 0. The molecule has 0 spiro atoms. The van der Waals surface area contributed by atoms with E-state index in [0.29, 0.717) is 26.3 Å². The Bertz CT molecular complexity index is 745. The molecular formula is C17H20N4O3. The Labute approximate surface area is 140 Å². The predicted octanol–water partition coefficient (Wildman–Crippen LogP) is 1.37. The number of morpholine rings is 1. The topological polar surface area (TPSA) is 69.5 Å². The Morgan fingerprint density at radius 1 is 1.38 bits per heavy atom. The van der Waals surface area contributed by atoms with Crippen LogP contribution in [0, 0.1) is 0 Å². The number of amides is 1. The molecule has 1 fully saturated rings.